The highest BCUT2D eigenvalue weighted by Crippen LogP contribution is 2.09. The normalized spacial score (nSPS) is 12.4. The van der Waals surface area contributed by atoms with E-state index >= 15 is 0 Å². The average molecular weight is 345 g/mol. The lowest BCUT2D eigenvalue weighted by atomic mass is 10.2. The van der Waals surface area contributed by atoms with Gasteiger partial charge in [0.2, 0.25) is 0 Å². The predicted molar refractivity (Wildman–Crippen MR) is 85.9 cm³/mol. The number of hydrogen-bond acceptors (Lipinski definition) is 5. The van der Waals surface area contributed by atoms with Gasteiger partial charge in [-0.15, -0.1) is 0 Å². The SMILES string of the molecule is COC(=O)c1cc(Cl)c(=O)n(CC(C)NC(=O)OC(C)(C)C)c1. The Morgan fingerprint density at radius 3 is 2.52 bits per heavy atom. The zero-order valence-electron chi connectivity index (χ0n) is 13.8. The lowest BCUT2D eigenvalue weighted by Crippen LogP contribution is -2.41. The highest BCUT2D eigenvalue weighted by Gasteiger charge is 2.19. The highest BCUT2D eigenvalue weighted by molar-refractivity contribution is 6.30. The third-order valence-electron chi connectivity index (χ3n) is 2.70. The van der Waals surface area contributed by atoms with E-state index in [9.17, 15) is 14.4 Å². The van der Waals surface area contributed by atoms with E-state index in [0.717, 1.165) is 0 Å². The van der Waals surface area contributed by atoms with Gasteiger partial charge in [0.15, 0.2) is 0 Å². The monoisotopic (exact) mass is 344 g/mol. The molecule has 0 radical (unpaired) electrons. The Labute approximate surface area is 139 Å². The number of alkyl carbamates (subject to hydrolysis) is 1. The van der Waals surface area contributed by atoms with E-state index in [4.69, 9.17) is 16.3 Å². The standard InChI is InChI=1S/C15H21ClN2O5/c1-9(17-14(21)23-15(2,3)4)7-18-8-10(13(20)22-5)6-11(16)12(18)19/h6,8-9H,7H2,1-5H3,(H,17,21). The van der Waals surface area contributed by atoms with Crippen molar-refractivity contribution in [1.82, 2.24) is 9.88 Å². The molecule has 0 aromatic carbocycles. The number of aromatic nitrogens is 1. The molecule has 7 nitrogen and oxygen atoms in total. The number of nitrogens with zero attached hydrogens (tertiary/aromatic N) is 1. The number of ether oxygens (including phenoxy) is 2. The number of pyridine rings is 1. The molecule has 0 aliphatic carbocycles. The number of carbonyl (C=O) groups excluding carboxylic acids is 2. The van der Waals surface area contributed by atoms with Crippen molar-refractivity contribution in [2.24, 2.45) is 0 Å². The zero-order valence-corrected chi connectivity index (χ0v) is 14.6. The van der Waals surface area contributed by atoms with Gasteiger partial charge in [-0.3, -0.25) is 4.79 Å². The van der Waals surface area contributed by atoms with Gasteiger partial charge in [0.1, 0.15) is 10.6 Å². The van der Waals surface area contributed by atoms with Gasteiger partial charge in [-0.1, -0.05) is 11.6 Å². The summed E-state index contributed by atoms with van der Waals surface area (Å²) >= 11 is 5.84. The fourth-order valence-corrected chi connectivity index (χ4v) is 2.04. The van der Waals surface area contributed by atoms with Crippen molar-refractivity contribution < 1.29 is 19.1 Å². The molecule has 1 amide bonds. The van der Waals surface area contributed by atoms with Crippen LogP contribution >= 0.6 is 11.6 Å². The van der Waals surface area contributed by atoms with Crippen LogP contribution in [0.5, 0.6) is 0 Å². The summed E-state index contributed by atoms with van der Waals surface area (Å²) in [7, 11) is 1.23. The molecule has 1 aromatic heterocycles. The van der Waals surface area contributed by atoms with E-state index < -0.39 is 29.3 Å². The Morgan fingerprint density at radius 2 is 2.00 bits per heavy atom. The first kappa shape index (κ1) is 19.0. The molecule has 0 bridgehead atoms. The smallest absolute Gasteiger partial charge is 0.407 e. The number of amides is 1. The Kier molecular flexibility index (Phi) is 6.20. The minimum absolute atomic E-state index is 0.0997. The topological polar surface area (TPSA) is 86.6 Å². The molecule has 1 rings (SSSR count). The first-order valence-electron chi connectivity index (χ1n) is 7.01. The fourth-order valence-electron chi connectivity index (χ4n) is 1.81. The van der Waals surface area contributed by atoms with Crippen LogP contribution in [0.3, 0.4) is 0 Å². The number of rotatable bonds is 4. The largest absolute Gasteiger partial charge is 0.465 e. The van der Waals surface area contributed by atoms with Gasteiger partial charge >= 0.3 is 12.1 Å². The molecular weight excluding hydrogens is 324 g/mol. The Hall–Kier alpha value is -2.02. The zero-order chi connectivity index (χ0) is 17.8. The number of nitrogens with one attached hydrogen (secondary N) is 1. The second-order valence-corrected chi connectivity index (χ2v) is 6.48. The van der Waals surface area contributed by atoms with Crippen molar-refractivity contribution in [2.45, 2.75) is 45.9 Å². The van der Waals surface area contributed by atoms with Crippen molar-refractivity contribution in [3.63, 3.8) is 0 Å². The van der Waals surface area contributed by atoms with Gasteiger partial charge in [0.05, 0.1) is 12.7 Å². The Balaban J connectivity index is 2.87. The molecule has 0 saturated carbocycles. The first-order chi connectivity index (χ1) is 10.5. The van der Waals surface area contributed by atoms with Gasteiger partial charge in [0.25, 0.3) is 5.56 Å². The molecule has 0 fully saturated rings. The van der Waals surface area contributed by atoms with Crippen molar-refractivity contribution >= 4 is 23.7 Å². The third-order valence-corrected chi connectivity index (χ3v) is 2.97. The maximum atomic E-state index is 12.0. The summed E-state index contributed by atoms with van der Waals surface area (Å²) in [5, 5.41) is 2.51. The minimum Gasteiger partial charge on any atom is -0.465 e. The molecule has 1 unspecified atom stereocenters. The molecule has 128 valence electrons. The number of carbonyl (C=O) groups is 2. The van der Waals surface area contributed by atoms with Crippen LogP contribution in [0.15, 0.2) is 17.1 Å². The summed E-state index contributed by atoms with van der Waals surface area (Å²) in [5.74, 6) is -0.603. The summed E-state index contributed by atoms with van der Waals surface area (Å²) in [6.07, 6.45) is 0.751. The molecule has 0 aliphatic rings. The molecule has 23 heavy (non-hydrogen) atoms. The minimum atomic E-state index is -0.616. The summed E-state index contributed by atoms with van der Waals surface area (Å²) in [4.78, 5) is 35.3. The van der Waals surface area contributed by atoms with Crippen LogP contribution in [-0.4, -0.2) is 35.4 Å². The Morgan fingerprint density at radius 1 is 1.39 bits per heavy atom. The van der Waals surface area contributed by atoms with Gasteiger partial charge < -0.3 is 19.4 Å². The van der Waals surface area contributed by atoms with Crippen molar-refractivity contribution in [2.75, 3.05) is 7.11 Å². The van der Waals surface area contributed by atoms with Gasteiger partial charge in [-0.2, -0.15) is 0 Å². The Bertz CT molecular complexity index is 648. The van der Waals surface area contributed by atoms with Crippen LogP contribution in [-0.2, 0) is 16.0 Å². The summed E-state index contributed by atoms with van der Waals surface area (Å²) in [6, 6.07) is 0.838. The molecule has 1 N–H and O–H groups in total. The van der Waals surface area contributed by atoms with Crippen LogP contribution in [0.2, 0.25) is 5.02 Å². The van der Waals surface area contributed by atoms with Crippen molar-refractivity contribution in [3.05, 3.63) is 33.2 Å². The van der Waals surface area contributed by atoms with E-state index in [1.54, 1.807) is 27.7 Å². The maximum absolute atomic E-state index is 12.0. The van der Waals surface area contributed by atoms with Crippen molar-refractivity contribution in [3.8, 4) is 0 Å². The average Bonchev–Trinajstić information content (AvgIpc) is 2.40. The second-order valence-electron chi connectivity index (χ2n) is 6.07. The van der Waals surface area contributed by atoms with Crippen LogP contribution in [0.25, 0.3) is 0 Å². The summed E-state index contributed by atoms with van der Waals surface area (Å²) in [6.45, 7) is 7.09. The van der Waals surface area contributed by atoms with E-state index in [1.165, 1.54) is 23.9 Å². The summed E-state index contributed by atoms with van der Waals surface area (Å²) < 4.78 is 11.0. The van der Waals surface area contributed by atoms with Gasteiger partial charge in [-0.05, 0) is 33.8 Å². The van der Waals surface area contributed by atoms with Gasteiger partial charge in [0, 0.05) is 18.8 Å². The molecule has 1 aromatic rings. The number of methoxy groups -OCH3 is 1. The molecule has 1 heterocycles. The molecule has 0 spiro atoms. The van der Waals surface area contributed by atoms with Crippen LogP contribution in [0, 0.1) is 0 Å². The van der Waals surface area contributed by atoms with E-state index in [1.807, 2.05) is 0 Å². The van der Waals surface area contributed by atoms with E-state index in [-0.39, 0.29) is 17.1 Å². The predicted octanol–water partition coefficient (Wildman–Crippen LogP) is 2.20. The number of hydrogen-bond donors (Lipinski definition) is 1. The number of esters is 1. The molecular formula is C15H21ClN2O5. The molecule has 0 saturated heterocycles. The van der Waals surface area contributed by atoms with Crippen LogP contribution < -0.4 is 10.9 Å². The quantitative estimate of drug-likeness (QED) is 0.846. The molecule has 1 atom stereocenters. The van der Waals surface area contributed by atoms with E-state index in [0.29, 0.717) is 0 Å². The fraction of sp³-hybridized carbons (Fsp3) is 0.533. The second kappa shape index (κ2) is 7.50. The number of halogens is 1. The third kappa shape index (κ3) is 5.94. The van der Waals surface area contributed by atoms with Gasteiger partial charge in [-0.25, -0.2) is 9.59 Å². The lowest BCUT2D eigenvalue weighted by Gasteiger charge is -2.22. The maximum Gasteiger partial charge on any atom is 0.407 e. The van der Waals surface area contributed by atoms with E-state index in [2.05, 4.69) is 10.1 Å². The molecule has 8 heteroatoms. The lowest BCUT2D eigenvalue weighted by molar-refractivity contribution is 0.0502. The first-order valence-corrected chi connectivity index (χ1v) is 7.39. The molecule has 0 aliphatic heterocycles. The highest BCUT2D eigenvalue weighted by atomic mass is 35.5. The van der Waals surface area contributed by atoms with Crippen LogP contribution in [0.4, 0.5) is 4.79 Å². The van der Waals surface area contributed by atoms with Crippen molar-refractivity contribution in [1.29, 1.82) is 0 Å². The van der Waals surface area contributed by atoms with Crippen LogP contribution in [0.1, 0.15) is 38.1 Å². The summed E-state index contributed by atoms with van der Waals surface area (Å²) in [5.41, 5.74) is -0.923.